The van der Waals surface area contributed by atoms with Crippen molar-refractivity contribution in [2.75, 3.05) is 0 Å². The molecule has 0 aliphatic heterocycles. The fraction of sp³-hybridized carbons (Fsp3) is 0.385. The monoisotopic (exact) mass is 272 g/mol. The summed E-state index contributed by atoms with van der Waals surface area (Å²) < 4.78 is 3.33. The molecule has 0 saturated carbocycles. The molecule has 3 aromatic heterocycles. The molecule has 1 N–H and O–H groups in total. The number of hydrogen-bond donors (Lipinski definition) is 1. The molecule has 0 aromatic carbocycles. The summed E-state index contributed by atoms with van der Waals surface area (Å²) in [5.74, 6) is 0.367. The molecule has 7 heteroatoms. The lowest BCUT2D eigenvalue weighted by Crippen LogP contribution is -2.19. The quantitative estimate of drug-likeness (QED) is 0.776. The fourth-order valence-corrected chi connectivity index (χ4v) is 2.16. The van der Waals surface area contributed by atoms with Gasteiger partial charge in [0.1, 0.15) is 0 Å². The molecule has 0 unspecified atom stereocenters. The summed E-state index contributed by atoms with van der Waals surface area (Å²) >= 11 is 0. The highest BCUT2D eigenvalue weighted by Crippen LogP contribution is 2.17. The standard InChI is InChI=1S/C13H16N6O/c1-8(2)6-19-12-11(17-13(19)20)16-10(5-14-12)9-4-15-18(3)7-9/h4-5,7-8H,6H2,1-3H3,(H,16,17,20). The number of aromatic amines is 1. The highest BCUT2D eigenvalue weighted by molar-refractivity contribution is 5.70. The van der Waals surface area contributed by atoms with Crippen LogP contribution in [0.1, 0.15) is 13.8 Å². The number of imidazole rings is 1. The Morgan fingerprint density at radius 1 is 1.35 bits per heavy atom. The van der Waals surface area contributed by atoms with E-state index in [9.17, 15) is 4.79 Å². The smallest absolute Gasteiger partial charge is 0.289 e. The van der Waals surface area contributed by atoms with Crippen molar-refractivity contribution in [3.05, 3.63) is 29.1 Å². The van der Waals surface area contributed by atoms with E-state index in [4.69, 9.17) is 0 Å². The van der Waals surface area contributed by atoms with Gasteiger partial charge < -0.3 is 0 Å². The van der Waals surface area contributed by atoms with Gasteiger partial charge in [0, 0.05) is 25.4 Å². The number of H-pyrrole nitrogens is 1. The normalized spacial score (nSPS) is 11.6. The van der Waals surface area contributed by atoms with Crippen molar-refractivity contribution in [3.63, 3.8) is 0 Å². The van der Waals surface area contributed by atoms with Gasteiger partial charge in [0.2, 0.25) is 0 Å². The summed E-state index contributed by atoms with van der Waals surface area (Å²) in [5.41, 5.74) is 2.51. The lowest BCUT2D eigenvalue weighted by atomic mass is 10.2. The first-order valence-electron chi connectivity index (χ1n) is 6.49. The average Bonchev–Trinajstić information content (AvgIpc) is 2.94. The van der Waals surface area contributed by atoms with E-state index in [1.807, 2.05) is 13.2 Å². The molecule has 0 atom stereocenters. The van der Waals surface area contributed by atoms with Gasteiger partial charge in [0.25, 0.3) is 0 Å². The Hall–Kier alpha value is -2.44. The van der Waals surface area contributed by atoms with E-state index < -0.39 is 0 Å². The zero-order valence-corrected chi connectivity index (χ0v) is 11.7. The molecule has 20 heavy (non-hydrogen) atoms. The molecular formula is C13H16N6O. The molecular weight excluding hydrogens is 256 g/mol. The van der Waals surface area contributed by atoms with E-state index in [0.29, 0.717) is 29.5 Å². The van der Waals surface area contributed by atoms with Crippen LogP contribution in [0.2, 0.25) is 0 Å². The van der Waals surface area contributed by atoms with Crippen LogP contribution < -0.4 is 5.69 Å². The first-order chi connectivity index (χ1) is 9.54. The van der Waals surface area contributed by atoms with Crippen molar-refractivity contribution in [1.82, 2.24) is 29.3 Å². The third kappa shape index (κ3) is 2.11. The minimum absolute atomic E-state index is 0.169. The Kier molecular flexibility index (Phi) is 2.89. The summed E-state index contributed by atoms with van der Waals surface area (Å²) in [6.07, 6.45) is 5.25. The molecule has 0 amide bonds. The second kappa shape index (κ2) is 4.59. The zero-order chi connectivity index (χ0) is 14.3. The molecule has 3 aromatic rings. The third-order valence-electron chi connectivity index (χ3n) is 3.03. The number of nitrogens with zero attached hydrogens (tertiary/aromatic N) is 5. The first kappa shape index (κ1) is 12.6. The number of aryl methyl sites for hydroxylation is 1. The topological polar surface area (TPSA) is 81.4 Å². The van der Waals surface area contributed by atoms with E-state index in [1.165, 1.54) is 0 Å². The molecule has 3 rings (SSSR count). The Bertz CT molecular complexity index is 810. The molecule has 0 radical (unpaired) electrons. The van der Waals surface area contributed by atoms with Crippen LogP contribution in [-0.2, 0) is 13.6 Å². The molecule has 7 nitrogen and oxygen atoms in total. The van der Waals surface area contributed by atoms with Crippen LogP contribution in [0.5, 0.6) is 0 Å². The van der Waals surface area contributed by atoms with Crippen molar-refractivity contribution in [2.45, 2.75) is 20.4 Å². The van der Waals surface area contributed by atoms with Gasteiger partial charge in [-0.3, -0.25) is 14.2 Å². The van der Waals surface area contributed by atoms with E-state index in [1.54, 1.807) is 21.6 Å². The maximum atomic E-state index is 11.9. The Morgan fingerprint density at radius 2 is 2.15 bits per heavy atom. The highest BCUT2D eigenvalue weighted by Gasteiger charge is 2.12. The SMILES string of the molecule is CC(C)Cn1c(=O)[nH]c2nc(-c3cnn(C)c3)cnc21. The van der Waals surface area contributed by atoms with Crippen molar-refractivity contribution in [3.8, 4) is 11.3 Å². The Labute approximate surface area is 115 Å². The van der Waals surface area contributed by atoms with Crippen LogP contribution in [0, 0.1) is 5.92 Å². The molecule has 3 heterocycles. The van der Waals surface area contributed by atoms with Crippen LogP contribution in [0.4, 0.5) is 0 Å². The van der Waals surface area contributed by atoms with Gasteiger partial charge in [-0.25, -0.2) is 14.8 Å². The predicted octanol–water partition coefficient (Wildman–Crippen LogP) is 1.18. The minimum atomic E-state index is -0.169. The van der Waals surface area contributed by atoms with Crippen molar-refractivity contribution >= 4 is 11.3 Å². The molecule has 0 aliphatic carbocycles. The lowest BCUT2D eigenvalue weighted by molar-refractivity contribution is 0.520. The largest absolute Gasteiger partial charge is 0.328 e. The molecule has 0 saturated heterocycles. The number of rotatable bonds is 3. The fourth-order valence-electron chi connectivity index (χ4n) is 2.16. The van der Waals surface area contributed by atoms with E-state index >= 15 is 0 Å². The van der Waals surface area contributed by atoms with Gasteiger partial charge in [0.15, 0.2) is 11.3 Å². The van der Waals surface area contributed by atoms with Gasteiger partial charge in [-0.1, -0.05) is 13.8 Å². The number of nitrogens with one attached hydrogen (secondary N) is 1. The number of hydrogen-bond acceptors (Lipinski definition) is 4. The summed E-state index contributed by atoms with van der Waals surface area (Å²) in [5, 5.41) is 4.11. The van der Waals surface area contributed by atoms with E-state index in [-0.39, 0.29) is 5.69 Å². The summed E-state index contributed by atoms with van der Waals surface area (Å²) in [7, 11) is 1.84. The summed E-state index contributed by atoms with van der Waals surface area (Å²) in [6.45, 7) is 4.74. The van der Waals surface area contributed by atoms with Crippen LogP contribution in [-0.4, -0.2) is 29.3 Å². The summed E-state index contributed by atoms with van der Waals surface area (Å²) in [4.78, 5) is 23.5. The molecule has 0 fully saturated rings. The average molecular weight is 272 g/mol. The molecule has 0 aliphatic rings. The minimum Gasteiger partial charge on any atom is -0.289 e. The van der Waals surface area contributed by atoms with Crippen molar-refractivity contribution in [2.24, 2.45) is 13.0 Å². The zero-order valence-electron chi connectivity index (χ0n) is 11.7. The van der Waals surface area contributed by atoms with E-state index in [2.05, 4.69) is 33.9 Å². The maximum Gasteiger partial charge on any atom is 0.328 e. The predicted molar refractivity (Wildman–Crippen MR) is 75.2 cm³/mol. The third-order valence-corrected chi connectivity index (χ3v) is 3.03. The number of fused-ring (bicyclic) bond motifs is 1. The van der Waals surface area contributed by atoms with Crippen molar-refractivity contribution in [1.29, 1.82) is 0 Å². The molecule has 0 spiro atoms. The molecule has 104 valence electrons. The van der Waals surface area contributed by atoms with Gasteiger partial charge in [-0.05, 0) is 5.92 Å². The van der Waals surface area contributed by atoms with Crippen LogP contribution in [0.25, 0.3) is 22.6 Å². The van der Waals surface area contributed by atoms with Gasteiger partial charge >= 0.3 is 5.69 Å². The summed E-state index contributed by atoms with van der Waals surface area (Å²) in [6, 6.07) is 0. The van der Waals surface area contributed by atoms with Gasteiger partial charge in [-0.15, -0.1) is 0 Å². The van der Waals surface area contributed by atoms with Crippen LogP contribution in [0.3, 0.4) is 0 Å². The Balaban J connectivity index is 2.11. The first-order valence-corrected chi connectivity index (χ1v) is 6.49. The van der Waals surface area contributed by atoms with E-state index in [0.717, 1.165) is 5.56 Å². The van der Waals surface area contributed by atoms with Crippen molar-refractivity contribution < 1.29 is 0 Å². The molecule has 0 bridgehead atoms. The second-order valence-electron chi connectivity index (χ2n) is 5.26. The van der Waals surface area contributed by atoms with Crippen LogP contribution >= 0.6 is 0 Å². The lowest BCUT2D eigenvalue weighted by Gasteiger charge is -2.05. The second-order valence-corrected chi connectivity index (χ2v) is 5.26. The van der Waals surface area contributed by atoms with Gasteiger partial charge in [-0.2, -0.15) is 5.10 Å². The van der Waals surface area contributed by atoms with Gasteiger partial charge in [0.05, 0.1) is 18.1 Å². The maximum absolute atomic E-state index is 11.9. The Morgan fingerprint density at radius 3 is 2.80 bits per heavy atom. The highest BCUT2D eigenvalue weighted by atomic mass is 16.1. The number of aromatic nitrogens is 6. The van der Waals surface area contributed by atoms with Crippen LogP contribution in [0.15, 0.2) is 23.4 Å².